The summed E-state index contributed by atoms with van der Waals surface area (Å²) in [4.78, 5) is 18.6. The lowest BCUT2D eigenvalue weighted by molar-refractivity contribution is -0.133. The van der Waals surface area contributed by atoms with Crippen LogP contribution in [0.5, 0.6) is 0 Å². The second-order valence-corrected chi connectivity index (χ2v) is 5.94. The van der Waals surface area contributed by atoms with Crippen LogP contribution in [0.15, 0.2) is 24.4 Å². The maximum Gasteiger partial charge on any atom is 0.224 e. The van der Waals surface area contributed by atoms with E-state index in [0.29, 0.717) is 19.1 Å². The van der Waals surface area contributed by atoms with E-state index in [9.17, 15) is 4.79 Å². The molecule has 1 aromatic rings. The first-order valence-electron chi connectivity index (χ1n) is 8.08. The Kier molecular flexibility index (Phi) is 5.24. The predicted molar refractivity (Wildman–Crippen MR) is 84.7 cm³/mol. The number of aromatic nitrogens is 1. The molecule has 0 saturated carbocycles. The van der Waals surface area contributed by atoms with Gasteiger partial charge in [-0.15, -0.1) is 0 Å². The molecule has 0 aromatic carbocycles. The lowest BCUT2D eigenvalue weighted by Gasteiger charge is -2.34. The van der Waals surface area contributed by atoms with Crippen molar-refractivity contribution in [2.45, 2.75) is 31.3 Å². The van der Waals surface area contributed by atoms with Crippen molar-refractivity contribution in [2.75, 3.05) is 38.2 Å². The van der Waals surface area contributed by atoms with Gasteiger partial charge in [0.1, 0.15) is 5.82 Å². The number of carbonyl (C=O) groups excluding carboxylic acids is 1. The number of morpholine rings is 1. The third-order valence-electron chi connectivity index (χ3n) is 4.28. The van der Waals surface area contributed by atoms with Crippen molar-refractivity contribution in [2.24, 2.45) is 0 Å². The number of nitrogens with zero attached hydrogens (tertiary/aromatic N) is 2. The van der Waals surface area contributed by atoms with Crippen LogP contribution in [-0.4, -0.2) is 60.7 Å². The summed E-state index contributed by atoms with van der Waals surface area (Å²) in [6.07, 6.45) is 4.27. The Morgan fingerprint density at radius 1 is 1.41 bits per heavy atom. The zero-order chi connectivity index (χ0) is 15.2. The van der Waals surface area contributed by atoms with Crippen molar-refractivity contribution < 1.29 is 9.53 Å². The molecule has 3 heterocycles. The molecule has 0 unspecified atom stereocenters. The first-order valence-corrected chi connectivity index (χ1v) is 8.08. The Bertz CT molecular complexity index is 468. The number of amides is 1. The Morgan fingerprint density at radius 3 is 2.95 bits per heavy atom. The van der Waals surface area contributed by atoms with Crippen LogP contribution < -0.4 is 10.6 Å². The van der Waals surface area contributed by atoms with Gasteiger partial charge in [-0.3, -0.25) is 4.79 Å². The van der Waals surface area contributed by atoms with Crippen LogP contribution in [0.3, 0.4) is 0 Å². The average molecular weight is 304 g/mol. The number of rotatable bonds is 4. The summed E-state index contributed by atoms with van der Waals surface area (Å²) in [5, 5.41) is 6.78. The quantitative estimate of drug-likeness (QED) is 0.864. The minimum Gasteiger partial charge on any atom is -0.378 e. The normalized spacial score (nSPS) is 23.3. The summed E-state index contributed by atoms with van der Waals surface area (Å²) >= 11 is 0. The van der Waals surface area contributed by atoms with Gasteiger partial charge in [-0.2, -0.15) is 0 Å². The van der Waals surface area contributed by atoms with Gasteiger partial charge in [0.25, 0.3) is 0 Å². The third-order valence-corrected chi connectivity index (χ3v) is 4.28. The summed E-state index contributed by atoms with van der Waals surface area (Å²) in [5.41, 5.74) is 0. The zero-order valence-electron chi connectivity index (χ0n) is 12.8. The van der Waals surface area contributed by atoms with Crippen molar-refractivity contribution in [1.82, 2.24) is 15.2 Å². The number of anilines is 1. The number of likely N-dealkylation sites (tertiary alicyclic amines) is 1. The highest BCUT2D eigenvalue weighted by Crippen LogP contribution is 2.16. The summed E-state index contributed by atoms with van der Waals surface area (Å²) in [5.74, 6) is 1.15. The smallest absolute Gasteiger partial charge is 0.224 e. The molecule has 0 bridgehead atoms. The van der Waals surface area contributed by atoms with E-state index in [1.54, 1.807) is 6.20 Å². The van der Waals surface area contributed by atoms with Gasteiger partial charge in [0.05, 0.1) is 13.2 Å². The molecule has 3 rings (SSSR count). The van der Waals surface area contributed by atoms with Gasteiger partial charge in [-0.25, -0.2) is 4.98 Å². The highest BCUT2D eigenvalue weighted by molar-refractivity contribution is 5.77. The molecule has 0 radical (unpaired) electrons. The van der Waals surface area contributed by atoms with Crippen LogP contribution in [0.1, 0.15) is 19.3 Å². The van der Waals surface area contributed by atoms with Gasteiger partial charge >= 0.3 is 0 Å². The predicted octanol–water partition coefficient (Wildman–Crippen LogP) is 0.863. The van der Waals surface area contributed by atoms with Crippen molar-refractivity contribution in [1.29, 1.82) is 0 Å². The molecule has 0 spiro atoms. The largest absolute Gasteiger partial charge is 0.378 e. The molecule has 2 N–H and O–H groups in total. The van der Waals surface area contributed by atoms with Crippen molar-refractivity contribution in [3.05, 3.63) is 24.4 Å². The number of ether oxygens (including phenoxy) is 1. The van der Waals surface area contributed by atoms with Crippen LogP contribution in [0, 0.1) is 0 Å². The number of piperidine rings is 1. The van der Waals surface area contributed by atoms with E-state index in [2.05, 4.69) is 15.6 Å². The number of nitrogens with one attached hydrogen (secondary N) is 2. The standard InChI is InChI=1S/C16H24N4O2/c21-16(11-14-12-22-10-7-17-14)20-8-4-13(5-9-20)19-15-3-1-2-6-18-15/h1-3,6,13-14,17H,4-5,7-12H2,(H,18,19)/t14-/m1/s1. The Balaban J connectivity index is 1.42. The fourth-order valence-corrected chi connectivity index (χ4v) is 3.02. The molecule has 6 heteroatoms. The molecule has 2 saturated heterocycles. The second kappa shape index (κ2) is 7.56. The Morgan fingerprint density at radius 2 is 2.27 bits per heavy atom. The number of pyridine rings is 1. The molecule has 120 valence electrons. The minimum atomic E-state index is 0.172. The number of carbonyl (C=O) groups is 1. The molecule has 6 nitrogen and oxygen atoms in total. The van der Waals surface area contributed by atoms with Crippen molar-refractivity contribution in [3.63, 3.8) is 0 Å². The Labute approximate surface area is 131 Å². The molecule has 2 aliphatic rings. The van der Waals surface area contributed by atoms with Gasteiger partial charge in [0.15, 0.2) is 0 Å². The summed E-state index contributed by atoms with van der Waals surface area (Å²) < 4.78 is 5.40. The average Bonchev–Trinajstić information content (AvgIpc) is 2.57. The first kappa shape index (κ1) is 15.2. The van der Waals surface area contributed by atoms with Crippen LogP contribution in [-0.2, 0) is 9.53 Å². The van der Waals surface area contributed by atoms with E-state index in [1.807, 2.05) is 23.1 Å². The first-order chi connectivity index (χ1) is 10.8. The minimum absolute atomic E-state index is 0.172. The third kappa shape index (κ3) is 4.18. The molecule has 2 aliphatic heterocycles. The topological polar surface area (TPSA) is 66.5 Å². The van der Waals surface area contributed by atoms with E-state index in [4.69, 9.17) is 4.74 Å². The fraction of sp³-hybridized carbons (Fsp3) is 0.625. The lowest BCUT2D eigenvalue weighted by atomic mass is 10.0. The molecule has 1 atom stereocenters. The van der Waals surface area contributed by atoms with Crippen LogP contribution in [0.2, 0.25) is 0 Å². The van der Waals surface area contributed by atoms with Gasteiger partial charge in [0.2, 0.25) is 5.91 Å². The number of hydrogen-bond acceptors (Lipinski definition) is 5. The summed E-state index contributed by atoms with van der Waals surface area (Å²) in [7, 11) is 0. The van der Waals surface area contributed by atoms with E-state index in [1.165, 1.54) is 0 Å². The molecular formula is C16H24N4O2. The number of hydrogen-bond donors (Lipinski definition) is 2. The molecule has 0 aliphatic carbocycles. The van der Waals surface area contributed by atoms with Gasteiger partial charge in [0, 0.05) is 44.3 Å². The Hall–Kier alpha value is -1.66. The molecule has 1 amide bonds. The summed E-state index contributed by atoms with van der Waals surface area (Å²) in [6, 6.07) is 6.44. The zero-order valence-corrected chi connectivity index (χ0v) is 12.8. The van der Waals surface area contributed by atoms with Gasteiger partial charge < -0.3 is 20.3 Å². The SMILES string of the molecule is O=C(C[C@@H]1COCCN1)N1CCC(Nc2ccccn2)CC1. The fourth-order valence-electron chi connectivity index (χ4n) is 3.02. The van der Waals surface area contributed by atoms with Crippen LogP contribution in [0.4, 0.5) is 5.82 Å². The van der Waals surface area contributed by atoms with Crippen molar-refractivity contribution >= 4 is 11.7 Å². The second-order valence-electron chi connectivity index (χ2n) is 5.94. The molecule has 22 heavy (non-hydrogen) atoms. The van der Waals surface area contributed by atoms with Crippen LogP contribution in [0.25, 0.3) is 0 Å². The molecule has 2 fully saturated rings. The maximum absolute atomic E-state index is 12.3. The van der Waals surface area contributed by atoms with E-state index < -0.39 is 0 Å². The summed E-state index contributed by atoms with van der Waals surface area (Å²) in [6.45, 7) is 3.86. The van der Waals surface area contributed by atoms with Crippen LogP contribution >= 0.6 is 0 Å². The van der Waals surface area contributed by atoms with E-state index in [-0.39, 0.29) is 11.9 Å². The highest BCUT2D eigenvalue weighted by atomic mass is 16.5. The van der Waals surface area contributed by atoms with E-state index >= 15 is 0 Å². The molecule has 1 aromatic heterocycles. The lowest BCUT2D eigenvalue weighted by Crippen LogP contribution is -2.47. The van der Waals surface area contributed by atoms with Gasteiger partial charge in [-0.1, -0.05) is 6.07 Å². The van der Waals surface area contributed by atoms with E-state index in [0.717, 1.165) is 44.9 Å². The monoisotopic (exact) mass is 304 g/mol. The van der Waals surface area contributed by atoms with Crippen molar-refractivity contribution in [3.8, 4) is 0 Å². The van der Waals surface area contributed by atoms with Gasteiger partial charge in [-0.05, 0) is 25.0 Å². The highest BCUT2D eigenvalue weighted by Gasteiger charge is 2.25. The molecular weight excluding hydrogens is 280 g/mol. The maximum atomic E-state index is 12.3.